The van der Waals surface area contributed by atoms with Crippen molar-refractivity contribution >= 4 is 5.91 Å². The number of rotatable bonds is 7. The molecule has 24 heavy (non-hydrogen) atoms. The van der Waals surface area contributed by atoms with Crippen molar-refractivity contribution in [3.8, 4) is 0 Å². The maximum atomic E-state index is 12.4. The van der Waals surface area contributed by atoms with Crippen LogP contribution in [0.3, 0.4) is 0 Å². The van der Waals surface area contributed by atoms with Gasteiger partial charge in [-0.2, -0.15) is 0 Å². The Morgan fingerprint density at radius 1 is 1.25 bits per heavy atom. The lowest BCUT2D eigenvalue weighted by Gasteiger charge is -2.31. The Hall–Kier alpha value is -2.18. The van der Waals surface area contributed by atoms with Gasteiger partial charge >= 0.3 is 0 Å². The van der Waals surface area contributed by atoms with Gasteiger partial charge in [0.25, 0.3) is 0 Å². The molecule has 3 rings (SSSR count). The molecule has 6 heteroatoms. The van der Waals surface area contributed by atoms with Gasteiger partial charge in [0.2, 0.25) is 5.91 Å². The molecule has 1 aromatic heterocycles. The molecule has 1 aliphatic heterocycles. The fourth-order valence-electron chi connectivity index (χ4n) is 2.88. The molecule has 1 atom stereocenters. The number of morpholine rings is 1. The van der Waals surface area contributed by atoms with Crippen LogP contribution in [-0.4, -0.2) is 53.2 Å². The van der Waals surface area contributed by atoms with E-state index in [-0.39, 0.29) is 11.9 Å². The minimum atomic E-state index is -0.000382. The van der Waals surface area contributed by atoms with Gasteiger partial charge in [0.15, 0.2) is 0 Å². The topological polar surface area (TPSA) is 59.4 Å². The first-order valence-corrected chi connectivity index (χ1v) is 8.41. The summed E-state index contributed by atoms with van der Waals surface area (Å²) in [7, 11) is 0. The SMILES string of the molecule is O=C(CCn1ccnc1)NC(CN1CCOCC1)c1ccccc1. The summed E-state index contributed by atoms with van der Waals surface area (Å²) in [6, 6.07) is 10.2. The highest BCUT2D eigenvalue weighted by molar-refractivity contribution is 5.76. The summed E-state index contributed by atoms with van der Waals surface area (Å²) in [5.74, 6) is 0.0609. The summed E-state index contributed by atoms with van der Waals surface area (Å²) in [5, 5.41) is 3.19. The highest BCUT2D eigenvalue weighted by Crippen LogP contribution is 2.15. The fraction of sp³-hybridized carbons (Fsp3) is 0.444. The quantitative estimate of drug-likeness (QED) is 0.836. The van der Waals surface area contributed by atoms with Crippen LogP contribution >= 0.6 is 0 Å². The summed E-state index contributed by atoms with van der Waals surface area (Å²) in [6.45, 7) is 4.80. The molecule has 2 aromatic rings. The number of ether oxygens (including phenoxy) is 1. The molecule has 1 N–H and O–H groups in total. The first-order chi connectivity index (χ1) is 11.8. The van der Waals surface area contributed by atoms with E-state index in [0.29, 0.717) is 13.0 Å². The van der Waals surface area contributed by atoms with Crippen molar-refractivity contribution < 1.29 is 9.53 Å². The second kappa shape index (κ2) is 8.61. The van der Waals surface area contributed by atoms with Crippen LogP contribution in [0, 0.1) is 0 Å². The number of amides is 1. The molecule has 0 bridgehead atoms. The summed E-state index contributed by atoms with van der Waals surface area (Å²) in [6.07, 6.45) is 5.78. The first-order valence-electron chi connectivity index (χ1n) is 8.41. The minimum Gasteiger partial charge on any atom is -0.379 e. The molecule has 1 amide bonds. The average Bonchev–Trinajstić information content (AvgIpc) is 3.15. The van der Waals surface area contributed by atoms with E-state index in [1.807, 2.05) is 29.0 Å². The van der Waals surface area contributed by atoms with Crippen LogP contribution in [-0.2, 0) is 16.1 Å². The predicted molar refractivity (Wildman–Crippen MR) is 91.4 cm³/mol. The second-order valence-electron chi connectivity index (χ2n) is 5.99. The number of hydrogen-bond donors (Lipinski definition) is 1. The van der Waals surface area contributed by atoms with Crippen LogP contribution < -0.4 is 5.32 Å². The molecule has 0 spiro atoms. The van der Waals surface area contributed by atoms with E-state index in [1.54, 1.807) is 12.5 Å². The third-order valence-electron chi connectivity index (χ3n) is 4.24. The van der Waals surface area contributed by atoms with Crippen molar-refractivity contribution in [2.45, 2.75) is 19.0 Å². The van der Waals surface area contributed by atoms with Gasteiger partial charge in [0.1, 0.15) is 0 Å². The summed E-state index contributed by atoms with van der Waals surface area (Å²) in [5.41, 5.74) is 1.14. The predicted octanol–water partition coefficient (Wildman–Crippen LogP) is 1.46. The Kier molecular flexibility index (Phi) is 5.98. The highest BCUT2D eigenvalue weighted by Gasteiger charge is 2.19. The lowest BCUT2D eigenvalue weighted by Crippen LogP contribution is -2.43. The number of nitrogens with zero attached hydrogens (tertiary/aromatic N) is 3. The lowest BCUT2D eigenvalue weighted by molar-refractivity contribution is -0.122. The van der Waals surface area contributed by atoms with Crippen molar-refractivity contribution in [1.29, 1.82) is 0 Å². The van der Waals surface area contributed by atoms with Crippen LogP contribution in [0.15, 0.2) is 49.1 Å². The molecule has 0 radical (unpaired) electrons. The van der Waals surface area contributed by atoms with E-state index in [4.69, 9.17) is 4.74 Å². The van der Waals surface area contributed by atoms with Crippen molar-refractivity contribution in [3.05, 3.63) is 54.6 Å². The zero-order valence-electron chi connectivity index (χ0n) is 13.8. The molecule has 2 heterocycles. The molecular formula is C18H24N4O2. The maximum Gasteiger partial charge on any atom is 0.222 e. The normalized spacial score (nSPS) is 16.7. The Balaban J connectivity index is 1.59. The van der Waals surface area contributed by atoms with Crippen molar-refractivity contribution in [1.82, 2.24) is 19.8 Å². The molecule has 6 nitrogen and oxygen atoms in total. The van der Waals surface area contributed by atoms with Gasteiger partial charge in [-0.25, -0.2) is 4.98 Å². The van der Waals surface area contributed by atoms with Gasteiger partial charge in [0, 0.05) is 45.0 Å². The van der Waals surface area contributed by atoms with Gasteiger partial charge in [-0.3, -0.25) is 9.69 Å². The number of imidazole rings is 1. The molecule has 0 saturated carbocycles. The summed E-state index contributed by atoms with van der Waals surface area (Å²) in [4.78, 5) is 18.7. The number of nitrogens with one attached hydrogen (secondary N) is 1. The van der Waals surface area contributed by atoms with E-state index >= 15 is 0 Å². The number of carbonyl (C=O) groups is 1. The smallest absolute Gasteiger partial charge is 0.222 e. The van der Waals surface area contributed by atoms with Crippen LogP contribution in [0.1, 0.15) is 18.0 Å². The molecule has 1 saturated heterocycles. The summed E-state index contributed by atoms with van der Waals surface area (Å²) >= 11 is 0. The molecule has 1 aliphatic rings. The van der Waals surface area contributed by atoms with E-state index in [9.17, 15) is 4.79 Å². The van der Waals surface area contributed by atoms with Gasteiger partial charge < -0.3 is 14.6 Å². The Morgan fingerprint density at radius 2 is 2.04 bits per heavy atom. The van der Waals surface area contributed by atoms with E-state index < -0.39 is 0 Å². The van der Waals surface area contributed by atoms with E-state index in [0.717, 1.165) is 38.4 Å². The van der Waals surface area contributed by atoms with Crippen molar-refractivity contribution in [2.24, 2.45) is 0 Å². The molecule has 1 fully saturated rings. The minimum absolute atomic E-state index is 0.000382. The average molecular weight is 328 g/mol. The van der Waals surface area contributed by atoms with Gasteiger partial charge in [0.05, 0.1) is 25.6 Å². The summed E-state index contributed by atoms with van der Waals surface area (Å²) < 4.78 is 7.33. The lowest BCUT2D eigenvalue weighted by atomic mass is 10.1. The third-order valence-corrected chi connectivity index (χ3v) is 4.24. The highest BCUT2D eigenvalue weighted by atomic mass is 16.5. The van der Waals surface area contributed by atoms with E-state index in [1.165, 1.54) is 0 Å². The fourth-order valence-corrected chi connectivity index (χ4v) is 2.88. The second-order valence-corrected chi connectivity index (χ2v) is 5.99. The number of hydrogen-bond acceptors (Lipinski definition) is 4. The number of aromatic nitrogens is 2. The van der Waals surface area contributed by atoms with Gasteiger partial charge in [-0.1, -0.05) is 30.3 Å². The molecule has 1 aromatic carbocycles. The Bertz CT molecular complexity index is 609. The standard InChI is InChI=1S/C18H24N4O2/c23-18(6-8-22-9-7-19-15-22)20-17(16-4-2-1-3-5-16)14-21-10-12-24-13-11-21/h1-5,7,9,15,17H,6,8,10-14H2,(H,20,23). The number of aryl methyl sites for hydroxylation is 1. The third kappa shape index (κ3) is 4.91. The van der Waals surface area contributed by atoms with Crippen LogP contribution in [0.4, 0.5) is 0 Å². The molecule has 128 valence electrons. The first kappa shape index (κ1) is 16.7. The maximum absolute atomic E-state index is 12.4. The van der Waals surface area contributed by atoms with Gasteiger partial charge in [-0.05, 0) is 5.56 Å². The Labute approximate surface area is 142 Å². The molecule has 0 aliphatic carbocycles. The van der Waals surface area contributed by atoms with Crippen LogP contribution in [0.25, 0.3) is 0 Å². The number of benzene rings is 1. The van der Waals surface area contributed by atoms with Crippen LogP contribution in [0.2, 0.25) is 0 Å². The molecular weight excluding hydrogens is 304 g/mol. The van der Waals surface area contributed by atoms with Crippen molar-refractivity contribution in [2.75, 3.05) is 32.8 Å². The largest absolute Gasteiger partial charge is 0.379 e. The zero-order chi connectivity index (χ0) is 16.6. The van der Waals surface area contributed by atoms with E-state index in [2.05, 4.69) is 27.3 Å². The Morgan fingerprint density at radius 3 is 2.75 bits per heavy atom. The number of carbonyl (C=O) groups excluding carboxylic acids is 1. The monoisotopic (exact) mass is 328 g/mol. The van der Waals surface area contributed by atoms with Crippen LogP contribution in [0.5, 0.6) is 0 Å². The zero-order valence-corrected chi connectivity index (χ0v) is 13.8. The molecule has 1 unspecified atom stereocenters. The van der Waals surface area contributed by atoms with Crippen molar-refractivity contribution in [3.63, 3.8) is 0 Å². The van der Waals surface area contributed by atoms with Gasteiger partial charge in [-0.15, -0.1) is 0 Å².